The molecule has 226 valence electrons. The number of hydrogen-bond acceptors (Lipinski definition) is 3. The van der Waals surface area contributed by atoms with Crippen molar-refractivity contribution in [1.29, 1.82) is 0 Å². The number of carbonyl (C=O) groups is 2. The van der Waals surface area contributed by atoms with Gasteiger partial charge in [-0.05, 0) is 80.6 Å². The first-order valence-corrected chi connectivity index (χ1v) is 12.5. The zero-order valence-corrected chi connectivity index (χ0v) is 22.4. The van der Waals surface area contributed by atoms with Gasteiger partial charge in [-0.15, -0.1) is 0 Å². The van der Waals surface area contributed by atoms with Gasteiger partial charge in [0, 0.05) is 20.0 Å². The number of ether oxygens (including phenoxy) is 1. The summed E-state index contributed by atoms with van der Waals surface area (Å²) in [6.07, 6.45) is -16.4. The van der Waals surface area contributed by atoms with Gasteiger partial charge in [-0.25, -0.2) is 4.79 Å². The highest BCUT2D eigenvalue weighted by Gasteiger charge is 2.40. The number of nitrogens with zero attached hydrogens (tertiary/aromatic N) is 2. The van der Waals surface area contributed by atoms with Gasteiger partial charge in [-0.3, -0.25) is 9.69 Å². The third-order valence-corrected chi connectivity index (χ3v) is 6.48. The van der Waals surface area contributed by atoms with E-state index in [-0.39, 0.29) is 42.3 Å². The zero-order chi connectivity index (χ0) is 31.1. The third-order valence-electron chi connectivity index (χ3n) is 6.48. The van der Waals surface area contributed by atoms with Crippen LogP contribution in [0.5, 0.6) is 0 Å². The van der Waals surface area contributed by atoms with Gasteiger partial charge in [0.2, 0.25) is 5.91 Å². The predicted octanol–water partition coefficient (Wildman–Crippen LogP) is 8.29. The Kier molecular flexibility index (Phi) is 8.95. The summed E-state index contributed by atoms with van der Waals surface area (Å²) >= 11 is 0. The largest absolute Gasteiger partial charge is 0.446 e. The molecule has 0 radical (unpaired) electrons. The average Bonchev–Trinajstić information content (AvgIpc) is 3.00. The van der Waals surface area contributed by atoms with Crippen molar-refractivity contribution in [3.63, 3.8) is 0 Å². The quantitative estimate of drug-likeness (QED) is 0.333. The molecule has 1 aliphatic rings. The fourth-order valence-electron chi connectivity index (χ4n) is 4.82. The number of fused-ring (bicyclic) bond motifs is 1. The maximum absolute atomic E-state index is 13.8. The molecule has 0 aliphatic carbocycles. The molecule has 5 nitrogen and oxygen atoms in total. The maximum atomic E-state index is 13.8. The number of hydrogen-bond donors (Lipinski definition) is 0. The van der Waals surface area contributed by atoms with Crippen LogP contribution in [-0.2, 0) is 34.6 Å². The van der Waals surface area contributed by atoms with Gasteiger partial charge in [0.1, 0.15) is 0 Å². The highest BCUT2D eigenvalue weighted by Crippen LogP contribution is 2.44. The van der Waals surface area contributed by atoms with E-state index in [1.807, 2.05) is 0 Å². The second kappa shape index (κ2) is 11.4. The molecule has 0 spiro atoms. The molecule has 0 fully saturated rings. The fraction of sp³-hybridized carbons (Fsp3) is 0.481. The van der Waals surface area contributed by atoms with Crippen molar-refractivity contribution in [2.24, 2.45) is 0 Å². The molecule has 1 heterocycles. The standard InChI is InChI=1S/C27H27F9N2O3/c1-14(2)41-24(40)37-7-5-6-22(21-12-18(25(28,29)30)8-15(3)23(21)37)38(16(4)39)13-17-9-19(26(31,32)33)11-20(10-17)27(34,35)36/h8-12,14,22H,5-7,13H2,1-4H3. The molecular formula is C27H27F9N2O3. The van der Waals surface area contributed by atoms with E-state index < -0.39 is 71.5 Å². The normalized spacial score (nSPS) is 16.3. The lowest BCUT2D eigenvalue weighted by Gasteiger charge is -2.33. The number of alkyl halides is 9. The van der Waals surface area contributed by atoms with Crippen molar-refractivity contribution in [2.75, 3.05) is 11.4 Å². The number of benzene rings is 2. The third kappa shape index (κ3) is 7.45. The molecule has 1 unspecified atom stereocenters. The van der Waals surface area contributed by atoms with E-state index in [4.69, 9.17) is 4.74 Å². The van der Waals surface area contributed by atoms with Gasteiger partial charge in [-0.2, -0.15) is 39.5 Å². The van der Waals surface area contributed by atoms with E-state index in [2.05, 4.69) is 0 Å². The summed E-state index contributed by atoms with van der Waals surface area (Å²) in [6, 6.07) is 1.22. The Labute approximate surface area is 229 Å². The van der Waals surface area contributed by atoms with Crippen molar-refractivity contribution in [3.05, 3.63) is 63.7 Å². The van der Waals surface area contributed by atoms with E-state index in [1.54, 1.807) is 13.8 Å². The average molecular weight is 599 g/mol. The summed E-state index contributed by atoms with van der Waals surface area (Å²) in [7, 11) is 0. The minimum atomic E-state index is -5.14. The predicted molar refractivity (Wildman–Crippen MR) is 130 cm³/mol. The summed E-state index contributed by atoms with van der Waals surface area (Å²) < 4.78 is 127. The van der Waals surface area contributed by atoms with Crippen LogP contribution in [0.4, 0.5) is 50.0 Å². The highest BCUT2D eigenvalue weighted by molar-refractivity contribution is 5.90. The van der Waals surface area contributed by atoms with Crippen LogP contribution in [0.2, 0.25) is 0 Å². The monoisotopic (exact) mass is 598 g/mol. The minimum absolute atomic E-state index is 0.0179. The number of halogens is 9. The van der Waals surface area contributed by atoms with Crippen LogP contribution in [0, 0.1) is 6.92 Å². The molecule has 0 bridgehead atoms. The van der Waals surface area contributed by atoms with Gasteiger partial charge >= 0.3 is 24.6 Å². The summed E-state index contributed by atoms with van der Waals surface area (Å²) in [6.45, 7) is 4.69. The summed E-state index contributed by atoms with van der Waals surface area (Å²) in [5.41, 5.74) is -4.89. The van der Waals surface area contributed by atoms with Crippen molar-refractivity contribution < 1.29 is 53.8 Å². The second-order valence-electron chi connectivity index (χ2n) is 10.0. The molecule has 41 heavy (non-hydrogen) atoms. The van der Waals surface area contributed by atoms with Crippen LogP contribution >= 0.6 is 0 Å². The highest BCUT2D eigenvalue weighted by atomic mass is 19.4. The molecule has 14 heteroatoms. The Morgan fingerprint density at radius 3 is 1.88 bits per heavy atom. The molecule has 1 aliphatic heterocycles. The smallest absolute Gasteiger partial charge is 0.416 e. The van der Waals surface area contributed by atoms with Crippen LogP contribution in [0.25, 0.3) is 0 Å². The molecule has 0 N–H and O–H groups in total. The van der Waals surface area contributed by atoms with E-state index in [0.29, 0.717) is 12.1 Å². The number of carbonyl (C=O) groups excluding carboxylic acids is 2. The lowest BCUT2D eigenvalue weighted by molar-refractivity contribution is -0.143. The summed E-state index contributed by atoms with van der Waals surface area (Å²) in [4.78, 5) is 27.8. The van der Waals surface area contributed by atoms with E-state index in [9.17, 15) is 49.1 Å². The van der Waals surface area contributed by atoms with E-state index in [0.717, 1.165) is 28.9 Å². The Morgan fingerprint density at radius 1 is 0.902 bits per heavy atom. The van der Waals surface area contributed by atoms with Crippen molar-refractivity contribution >= 4 is 17.7 Å². The minimum Gasteiger partial charge on any atom is -0.446 e. The lowest BCUT2D eigenvalue weighted by atomic mass is 9.94. The van der Waals surface area contributed by atoms with E-state index >= 15 is 0 Å². The van der Waals surface area contributed by atoms with Crippen LogP contribution in [0.3, 0.4) is 0 Å². The van der Waals surface area contributed by atoms with E-state index in [1.165, 1.54) is 6.92 Å². The van der Waals surface area contributed by atoms with Crippen LogP contribution in [0.15, 0.2) is 30.3 Å². The maximum Gasteiger partial charge on any atom is 0.416 e. The van der Waals surface area contributed by atoms with Crippen molar-refractivity contribution in [3.8, 4) is 0 Å². The molecule has 0 aromatic heterocycles. The number of amides is 2. The molecule has 3 rings (SSSR count). The number of anilines is 1. The van der Waals surface area contributed by atoms with Crippen LogP contribution in [-0.4, -0.2) is 29.5 Å². The first-order chi connectivity index (χ1) is 18.7. The summed E-state index contributed by atoms with van der Waals surface area (Å²) in [5.74, 6) is -0.805. The lowest BCUT2D eigenvalue weighted by Crippen LogP contribution is -2.35. The second-order valence-corrected chi connectivity index (χ2v) is 10.0. The Balaban J connectivity index is 2.21. The first-order valence-electron chi connectivity index (χ1n) is 12.5. The zero-order valence-electron chi connectivity index (χ0n) is 22.4. The molecule has 2 aromatic rings. The molecule has 0 saturated carbocycles. The van der Waals surface area contributed by atoms with Gasteiger partial charge < -0.3 is 9.64 Å². The topological polar surface area (TPSA) is 49.9 Å². The Morgan fingerprint density at radius 2 is 1.41 bits per heavy atom. The van der Waals surface area contributed by atoms with Gasteiger partial charge in [0.05, 0.1) is 34.5 Å². The number of rotatable bonds is 4. The Hall–Kier alpha value is -3.45. The SMILES string of the molecule is CC(=O)N(Cc1cc(C(F)(F)F)cc(C(F)(F)F)c1)C1CCCN(C(=O)OC(C)C)c2c(C)cc(C(F)(F)F)cc21. The molecule has 1 atom stereocenters. The number of aryl methyl sites for hydroxylation is 1. The van der Waals surface area contributed by atoms with Crippen molar-refractivity contribution in [2.45, 2.75) is 77.8 Å². The molecule has 2 aromatic carbocycles. The molecular weight excluding hydrogens is 571 g/mol. The van der Waals surface area contributed by atoms with Gasteiger partial charge in [0.25, 0.3) is 0 Å². The van der Waals surface area contributed by atoms with Crippen molar-refractivity contribution in [1.82, 2.24) is 4.90 Å². The van der Waals surface area contributed by atoms with Gasteiger partial charge in [-0.1, -0.05) is 0 Å². The summed E-state index contributed by atoms with van der Waals surface area (Å²) in [5, 5.41) is 0. The first kappa shape index (κ1) is 32.1. The van der Waals surface area contributed by atoms with Crippen LogP contribution in [0.1, 0.15) is 73.0 Å². The molecule has 2 amide bonds. The molecule has 0 saturated heterocycles. The van der Waals surface area contributed by atoms with Gasteiger partial charge in [0.15, 0.2) is 0 Å². The fourth-order valence-corrected chi connectivity index (χ4v) is 4.82. The Bertz CT molecular complexity index is 1270. The van der Waals surface area contributed by atoms with Crippen LogP contribution < -0.4 is 4.90 Å².